The van der Waals surface area contributed by atoms with E-state index >= 15 is 0 Å². The predicted molar refractivity (Wildman–Crippen MR) is 115 cm³/mol. The maximum Gasteiger partial charge on any atom is 0.305 e. The minimum absolute atomic E-state index is 0.0179. The Kier molecular flexibility index (Phi) is 10.9. The SMILES string of the molecule is CCCCC(F)(F)C1(CC[C@@H]2[C@@H](C/C=C\CCCCC(=O)OC)CC[C@H]2O)OCCO1. The molecule has 1 heterocycles. The number of alkyl halides is 2. The summed E-state index contributed by atoms with van der Waals surface area (Å²) in [5.41, 5.74) is 0. The lowest BCUT2D eigenvalue weighted by atomic mass is 9.85. The Bertz CT molecular complexity index is 560. The summed E-state index contributed by atoms with van der Waals surface area (Å²) in [5, 5.41) is 10.5. The maximum atomic E-state index is 14.9. The number of hydrogen-bond donors (Lipinski definition) is 1. The second kappa shape index (κ2) is 12.9. The number of carbonyl (C=O) groups is 1. The Balaban J connectivity index is 1.83. The number of halogens is 2. The number of aliphatic hydroxyl groups excluding tert-OH is 1. The van der Waals surface area contributed by atoms with E-state index < -0.39 is 17.8 Å². The lowest BCUT2D eigenvalue weighted by Gasteiger charge is -2.36. The smallest absolute Gasteiger partial charge is 0.305 e. The fourth-order valence-corrected chi connectivity index (χ4v) is 4.81. The van der Waals surface area contributed by atoms with E-state index in [4.69, 9.17) is 9.47 Å². The van der Waals surface area contributed by atoms with E-state index in [1.807, 2.05) is 6.92 Å². The predicted octanol–water partition coefficient (Wildman–Crippen LogP) is 5.40. The highest BCUT2D eigenvalue weighted by Gasteiger charge is 2.57. The topological polar surface area (TPSA) is 65.0 Å². The molecule has 1 saturated carbocycles. The van der Waals surface area contributed by atoms with Crippen molar-refractivity contribution in [2.24, 2.45) is 11.8 Å². The van der Waals surface area contributed by atoms with Crippen LogP contribution in [0.3, 0.4) is 0 Å². The summed E-state index contributed by atoms with van der Waals surface area (Å²) in [5.74, 6) is -4.78. The van der Waals surface area contributed by atoms with Gasteiger partial charge in [0.2, 0.25) is 5.79 Å². The van der Waals surface area contributed by atoms with Crippen molar-refractivity contribution in [1.82, 2.24) is 0 Å². The molecule has 2 fully saturated rings. The van der Waals surface area contributed by atoms with Crippen molar-refractivity contribution in [3.05, 3.63) is 12.2 Å². The zero-order chi connectivity index (χ0) is 22.7. The van der Waals surface area contributed by atoms with Crippen LogP contribution in [0.4, 0.5) is 8.78 Å². The Morgan fingerprint density at radius 2 is 1.94 bits per heavy atom. The second-order valence-electron chi connectivity index (χ2n) is 8.89. The fourth-order valence-electron chi connectivity index (χ4n) is 4.81. The first-order chi connectivity index (χ1) is 14.8. The molecule has 31 heavy (non-hydrogen) atoms. The minimum atomic E-state index is -3.03. The molecule has 1 aliphatic carbocycles. The van der Waals surface area contributed by atoms with Gasteiger partial charge in [-0.3, -0.25) is 4.79 Å². The molecule has 0 aromatic carbocycles. The van der Waals surface area contributed by atoms with Crippen LogP contribution in [0.2, 0.25) is 0 Å². The summed E-state index contributed by atoms with van der Waals surface area (Å²) >= 11 is 0. The van der Waals surface area contributed by atoms with Gasteiger partial charge in [0.1, 0.15) is 0 Å². The molecule has 0 aromatic rings. The van der Waals surface area contributed by atoms with Crippen molar-refractivity contribution in [3.8, 4) is 0 Å². The number of unbranched alkanes of at least 4 members (excludes halogenated alkanes) is 3. The Morgan fingerprint density at radius 3 is 2.61 bits per heavy atom. The van der Waals surface area contributed by atoms with Gasteiger partial charge < -0.3 is 19.3 Å². The van der Waals surface area contributed by atoms with Crippen molar-refractivity contribution in [2.75, 3.05) is 20.3 Å². The molecular weight excluding hydrogens is 406 g/mol. The monoisotopic (exact) mass is 446 g/mol. The maximum absolute atomic E-state index is 14.9. The lowest BCUT2D eigenvalue weighted by Crippen LogP contribution is -2.49. The number of esters is 1. The normalized spacial score (nSPS) is 26.0. The third-order valence-electron chi connectivity index (χ3n) is 6.73. The Hall–Kier alpha value is -1.05. The molecule has 0 bridgehead atoms. The van der Waals surface area contributed by atoms with Gasteiger partial charge in [0.05, 0.1) is 26.4 Å². The van der Waals surface area contributed by atoms with Crippen LogP contribution >= 0.6 is 0 Å². The van der Waals surface area contributed by atoms with Crippen molar-refractivity contribution in [2.45, 2.75) is 102 Å². The Morgan fingerprint density at radius 1 is 1.19 bits per heavy atom. The lowest BCUT2D eigenvalue weighted by molar-refractivity contribution is -0.297. The third kappa shape index (κ3) is 7.50. The molecule has 0 spiro atoms. The molecule has 1 N–H and O–H groups in total. The first kappa shape index (κ1) is 26.2. The summed E-state index contributed by atoms with van der Waals surface area (Å²) < 4.78 is 45.4. The van der Waals surface area contributed by atoms with E-state index in [1.165, 1.54) is 7.11 Å². The average molecular weight is 447 g/mol. The van der Waals surface area contributed by atoms with Crippen LogP contribution in [0.5, 0.6) is 0 Å². The summed E-state index contributed by atoms with van der Waals surface area (Å²) in [6, 6.07) is 0. The van der Waals surface area contributed by atoms with Crippen LogP contribution in [0.15, 0.2) is 12.2 Å². The molecule has 2 aliphatic rings. The molecule has 180 valence electrons. The number of methoxy groups -OCH3 is 1. The standard InChI is InChI=1S/C24H40F2O5/c1-3-4-15-23(25,26)24(30-17-18-31-24)16-14-20-19(12-13-21(20)27)10-8-6-5-7-9-11-22(28)29-2/h6,8,19-21,27H,3-5,7,9-18H2,1-2H3/b8-6-/t19-,20+,21+/m0/s1. The summed E-state index contributed by atoms with van der Waals surface area (Å²) in [6.45, 7) is 2.28. The zero-order valence-corrected chi connectivity index (χ0v) is 19.1. The molecule has 0 aromatic heterocycles. The molecule has 7 heteroatoms. The number of ether oxygens (including phenoxy) is 3. The quantitative estimate of drug-likeness (QED) is 0.220. The minimum Gasteiger partial charge on any atom is -0.469 e. The van der Waals surface area contributed by atoms with E-state index in [-0.39, 0.29) is 43.9 Å². The van der Waals surface area contributed by atoms with E-state index in [9.17, 15) is 18.7 Å². The third-order valence-corrected chi connectivity index (χ3v) is 6.73. The first-order valence-electron chi connectivity index (χ1n) is 11.9. The van der Waals surface area contributed by atoms with E-state index in [1.54, 1.807) is 0 Å². The number of allylic oxidation sites excluding steroid dienone is 2. The first-order valence-corrected chi connectivity index (χ1v) is 11.9. The van der Waals surface area contributed by atoms with Crippen LogP contribution < -0.4 is 0 Å². The highest BCUT2D eigenvalue weighted by Crippen LogP contribution is 2.46. The summed E-state index contributed by atoms with van der Waals surface area (Å²) in [7, 11) is 1.40. The van der Waals surface area contributed by atoms with Gasteiger partial charge in [-0.2, -0.15) is 0 Å². The fraction of sp³-hybridized carbons (Fsp3) is 0.875. The number of carbonyl (C=O) groups excluding carboxylic acids is 1. The number of hydrogen-bond acceptors (Lipinski definition) is 5. The molecular formula is C24H40F2O5. The molecule has 0 amide bonds. The molecule has 0 unspecified atom stereocenters. The van der Waals surface area contributed by atoms with Gasteiger partial charge in [-0.1, -0.05) is 25.5 Å². The molecule has 2 rings (SSSR count). The average Bonchev–Trinajstić information content (AvgIpc) is 3.37. The van der Waals surface area contributed by atoms with Gasteiger partial charge in [-0.15, -0.1) is 0 Å². The van der Waals surface area contributed by atoms with Gasteiger partial charge >= 0.3 is 11.9 Å². The van der Waals surface area contributed by atoms with Gasteiger partial charge in [0.15, 0.2) is 0 Å². The van der Waals surface area contributed by atoms with Crippen molar-refractivity contribution >= 4 is 5.97 Å². The zero-order valence-electron chi connectivity index (χ0n) is 19.1. The largest absolute Gasteiger partial charge is 0.469 e. The molecule has 0 radical (unpaired) electrons. The van der Waals surface area contributed by atoms with Gasteiger partial charge in [0, 0.05) is 19.3 Å². The number of aliphatic hydroxyl groups is 1. The van der Waals surface area contributed by atoms with E-state index in [0.29, 0.717) is 32.1 Å². The molecule has 1 saturated heterocycles. The Labute approximate surface area is 185 Å². The molecule has 5 nitrogen and oxygen atoms in total. The van der Waals surface area contributed by atoms with Gasteiger partial charge in [0.25, 0.3) is 0 Å². The van der Waals surface area contributed by atoms with Crippen LogP contribution in [-0.2, 0) is 19.0 Å². The van der Waals surface area contributed by atoms with Crippen molar-refractivity contribution in [1.29, 1.82) is 0 Å². The summed E-state index contributed by atoms with van der Waals surface area (Å²) in [4.78, 5) is 11.1. The summed E-state index contributed by atoms with van der Waals surface area (Å²) in [6.07, 6.45) is 10.8. The highest BCUT2D eigenvalue weighted by atomic mass is 19.3. The van der Waals surface area contributed by atoms with E-state index in [0.717, 1.165) is 32.1 Å². The molecule has 1 aliphatic heterocycles. The molecule has 3 atom stereocenters. The van der Waals surface area contributed by atoms with Gasteiger partial charge in [-0.25, -0.2) is 8.78 Å². The van der Waals surface area contributed by atoms with Crippen molar-refractivity contribution < 1.29 is 32.9 Å². The van der Waals surface area contributed by atoms with Crippen LogP contribution in [0.1, 0.15) is 84.0 Å². The highest BCUT2D eigenvalue weighted by molar-refractivity contribution is 5.68. The second-order valence-corrected chi connectivity index (χ2v) is 8.89. The van der Waals surface area contributed by atoms with Crippen molar-refractivity contribution in [3.63, 3.8) is 0 Å². The van der Waals surface area contributed by atoms with Gasteiger partial charge in [-0.05, 0) is 63.2 Å². The van der Waals surface area contributed by atoms with E-state index in [2.05, 4.69) is 16.9 Å². The number of rotatable bonds is 14. The van der Waals surface area contributed by atoms with Crippen LogP contribution in [-0.4, -0.2) is 49.2 Å². The van der Waals surface area contributed by atoms with Crippen LogP contribution in [0, 0.1) is 11.8 Å². The van der Waals surface area contributed by atoms with Crippen LogP contribution in [0.25, 0.3) is 0 Å².